The molecular weight excluding hydrogens is 452 g/mol. The fourth-order valence-corrected chi connectivity index (χ4v) is 5.12. The molecule has 1 unspecified atom stereocenters. The first-order valence-corrected chi connectivity index (χ1v) is 11.8. The number of nitrogens with one attached hydrogen (secondary N) is 1. The first-order valence-electron chi connectivity index (χ1n) is 11.8. The van der Waals surface area contributed by atoms with E-state index in [1.807, 2.05) is 86.6 Å². The summed E-state index contributed by atoms with van der Waals surface area (Å²) in [6.07, 6.45) is 1.77. The maximum absolute atomic E-state index is 13.1. The lowest BCUT2D eigenvalue weighted by atomic mass is 9.77. The Morgan fingerprint density at radius 1 is 0.917 bits per heavy atom. The normalized spacial score (nSPS) is 18.8. The molecule has 1 spiro atoms. The number of benzene rings is 4. The van der Waals surface area contributed by atoms with E-state index in [0.717, 1.165) is 22.0 Å². The average molecular weight is 477 g/mol. The molecule has 0 aliphatic carbocycles. The molecule has 0 radical (unpaired) electrons. The van der Waals surface area contributed by atoms with E-state index in [-0.39, 0.29) is 5.78 Å². The molecule has 178 valence electrons. The number of ether oxygens (including phenoxy) is 2. The molecule has 4 aromatic carbocycles. The Hall–Kier alpha value is -4.45. The Morgan fingerprint density at radius 2 is 1.67 bits per heavy atom. The van der Waals surface area contributed by atoms with Crippen molar-refractivity contribution in [1.82, 2.24) is 0 Å². The van der Waals surface area contributed by atoms with E-state index in [9.17, 15) is 9.59 Å². The minimum atomic E-state index is -1.07. The number of carbonyl (C=O) groups is 2. The molecule has 2 aliphatic heterocycles. The summed E-state index contributed by atoms with van der Waals surface area (Å²) in [6.45, 7) is 4.08. The van der Waals surface area contributed by atoms with E-state index < -0.39 is 17.1 Å². The van der Waals surface area contributed by atoms with Crippen molar-refractivity contribution in [2.24, 2.45) is 4.99 Å². The Kier molecular flexibility index (Phi) is 4.76. The monoisotopic (exact) mass is 476 g/mol. The second kappa shape index (κ2) is 7.78. The van der Waals surface area contributed by atoms with Crippen LogP contribution in [-0.2, 0) is 10.2 Å². The van der Waals surface area contributed by atoms with E-state index >= 15 is 0 Å². The Morgan fingerprint density at radius 3 is 2.44 bits per heavy atom. The summed E-state index contributed by atoms with van der Waals surface area (Å²) in [5.74, 6) is -0.163. The van der Waals surface area contributed by atoms with Gasteiger partial charge in [-0.05, 0) is 49.1 Å². The lowest BCUT2D eigenvalue weighted by molar-refractivity contribution is 0.0580. The van der Waals surface area contributed by atoms with E-state index in [4.69, 9.17) is 14.5 Å². The number of nitrogens with zero attached hydrogens (tertiary/aromatic N) is 1. The molecular formula is C30H24N2O4. The van der Waals surface area contributed by atoms with Gasteiger partial charge in [-0.15, -0.1) is 0 Å². The highest BCUT2D eigenvalue weighted by molar-refractivity contribution is 6.10. The number of esters is 1. The SMILES string of the molecule is COC(=O)c1cc2ccccc2c2c1OC1(C=N2)Nc2ccc(C(=O)c3ccccc3)cc2C1(C)C. The zero-order valence-electron chi connectivity index (χ0n) is 20.2. The molecule has 6 rings (SSSR count). The minimum absolute atomic E-state index is 0.0434. The third-order valence-electron chi connectivity index (χ3n) is 7.26. The van der Waals surface area contributed by atoms with Crippen LogP contribution in [0, 0.1) is 0 Å². The molecule has 36 heavy (non-hydrogen) atoms. The number of methoxy groups -OCH3 is 1. The van der Waals surface area contributed by atoms with Crippen molar-refractivity contribution in [2.75, 3.05) is 12.4 Å². The Balaban J connectivity index is 1.46. The van der Waals surface area contributed by atoms with Crippen molar-refractivity contribution >= 4 is 40.1 Å². The number of carbonyl (C=O) groups excluding carboxylic acids is 2. The number of hydrogen-bond acceptors (Lipinski definition) is 6. The summed E-state index contributed by atoms with van der Waals surface area (Å²) < 4.78 is 11.8. The van der Waals surface area contributed by atoms with Gasteiger partial charge in [-0.3, -0.25) is 9.79 Å². The zero-order valence-corrected chi connectivity index (χ0v) is 20.2. The second-order valence-electron chi connectivity index (χ2n) is 9.62. The predicted octanol–water partition coefficient (Wildman–Crippen LogP) is 6.05. The fraction of sp³-hybridized carbons (Fsp3) is 0.167. The van der Waals surface area contributed by atoms with E-state index in [2.05, 4.69) is 5.32 Å². The van der Waals surface area contributed by atoms with Crippen LogP contribution >= 0.6 is 0 Å². The smallest absolute Gasteiger partial charge is 0.341 e. The van der Waals surface area contributed by atoms with E-state index in [1.165, 1.54) is 7.11 Å². The standard InChI is InChI=1S/C30H24N2O4/c1-29(2)23-16-20(26(33)18-9-5-4-6-10-18)13-14-24(23)32-30(29)17-31-25-21-12-8-7-11-19(21)15-22(27(25)36-30)28(34)35-3/h4-17,32H,1-3H3. The average Bonchev–Trinajstić information content (AvgIpc) is 3.12. The second-order valence-corrected chi connectivity index (χ2v) is 9.62. The molecule has 2 aliphatic rings. The lowest BCUT2D eigenvalue weighted by Crippen LogP contribution is -2.56. The number of ketones is 1. The molecule has 0 fully saturated rings. The molecule has 0 saturated heterocycles. The van der Waals surface area contributed by atoms with Crippen LogP contribution in [0.4, 0.5) is 11.4 Å². The third-order valence-corrected chi connectivity index (χ3v) is 7.26. The number of hydrogen-bond donors (Lipinski definition) is 1. The summed E-state index contributed by atoms with van der Waals surface area (Å²) in [6, 6.07) is 24.4. The molecule has 0 aromatic heterocycles. The van der Waals surface area contributed by atoms with Gasteiger partial charge in [0.05, 0.1) is 18.7 Å². The van der Waals surface area contributed by atoms with Gasteiger partial charge in [-0.25, -0.2) is 4.79 Å². The van der Waals surface area contributed by atoms with Crippen molar-refractivity contribution in [3.63, 3.8) is 0 Å². The first-order chi connectivity index (χ1) is 17.3. The summed E-state index contributed by atoms with van der Waals surface area (Å²) in [7, 11) is 1.35. The lowest BCUT2D eigenvalue weighted by Gasteiger charge is -2.41. The van der Waals surface area contributed by atoms with Gasteiger partial charge >= 0.3 is 5.97 Å². The number of aliphatic imine (C=N–C) groups is 1. The zero-order chi connectivity index (χ0) is 25.1. The van der Waals surface area contributed by atoms with Crippen LogP contribution in [-0.4, -0.2) is 30.8 Å². The first kappa shape index (κ1) is 22.0. The molecule has 6 heteroatoms. The summed E-state index contributed by atoms with van der Waals surface area (Å²) in [4.78, 5) is 30.7. The van der Waals surface area contributed by atoms with Crippen molar-refractivity contribution in [3.8, 4) is 5.75 Å². The van der Waals surface area contributed by atoms with Crippen LogP contribution in [0.2, 0.25) is 0 Å². The highest BCUT2D eigenvalue weighted by Crippen LogP contribution is 2.52. The largest absolute Gasteiger partial charge is 0.465 e. The van der Waals surface area contributed by atoms with Crippen LogP contribution < -0.4 is 10.1 Å². The maximum atomic E-state index is 13.1. The van der Waals surface area contributed by atoms with Crippen molar-refractivity contribution < 1.29 is 19.1 Å². The number of fused-ring (bicyclic) bond motifs is 4. The molecule has 4 aromatic rings. The Bertz CT molecular complexity index is 1590. The van der Waals surface area contributed by atoms with Gasteiger partial charge in [-0.1, -0.05) is 54.6 Å². The number of anilines is 1. The third kappa shape index (κ3) is 3.07. The molecule has 0 bridgehead atoms. The predicted molar refractivity (Wildman–Crippen MR) is 140 cm³/mol. The highest BCUT2D eigenvalue weighted by atomic mass is 16.5. The van der Waals surface area contributed by atoms with Gasteiger partial charge in [0.15, 0.2) is 11.5 Å². The van der Waals surface area contributed by atoms with Gasteiger partial charge in [0, 0.05) is 22.2 Å². The van der Waals surface area contributed by atoms with Gasteiger partial charge in [0.25, 0.3) is 0 Å². The van der Waals surface area contributed by atoms with Gasteiger partial charge in [0.1, 0.15) is 11.3 Å². The Labute approximate surface area is 208 Å². The topological polar surface area (TPSA) is 77.0 Å². The van der Waals surface area contributed by atoms with Gasteiger partial charge in [0.2, 0.25) is 5.72 Å². The molecule has 0 amide bonds. The summed E-state index contributed by atoms with van der Waals surface area (Å²) >= 11 is 0. The van der Waals surface area contributed by atoms with Crippen molar-refractivity contribution in [2.45, 2.75) is 25.0 Å². The molecule has 6 nitrogen and oxygen atoms in total. The molecule has 2 heterocycles. The van der Waals surface area contributed by atoms with Gasteiger partial charge in [-0.2, -0.15) is 0 Å². The van der Waals surface area contributed by atoms with Crippen LogP contribution in [0.3, 0.4) is 0 Å². The maximum Gasteiger partial charge on any atom is 0.341 e. The minimum Gasteiger partial charge on any atom is -0.465 e. The fourth-order valence-electron chi connectivity index (χ4n) is 5.12. The van der Waals surface area contributed by atoms with Gasteiger partial charge < -0.3 is 14.8 Å². The van der Waals surface area contributed by atoms with Crippen molar-refractivity contribution in [1.29, 1.82) is 0 Å². The molecule has 1 N–H and O–H groups in total. The molecule has 1 atom stereocenters. The van der Waals surface area contributed by atoms with Crippen LogP contribution in [0.25, 0.3) is 10.8 Å². The molecule has 0 saturated carbocycles. The van der Waals surface area contributed by atoms with Crippen molar-refractivity contribution in [3.05, 3.63) is 101 Å². The summed E-state index contributed by atoms with van der Waals surface area (Å²) in [5.41, 5.74) is 2.22. The summed E-state index contributed by atoms with van der Waals surface area (Å²) in [5, 5.41) is 5.24. The quantitative estimate of drug-likeness (QED) is 0.288. The van der Waals surface area contributed by atoms with E-state index in [0.29, 0.717) is 28.1 Å². The van der Waals surface area contributed by atoms with Crippen LogP contribution in [0.1, 0.15) is 45.7 Å². The van der Waals surface area contributed by atoms with Crippen LogP contribution in [0.15, 0.2) is 83.9 Å². The van der Waals surface area contributed by atoms with E-state index in [1.54, 1.807) is 12.3 Å². The highest BCUT2D eigenvalue weighted by Gasteiger charge is 2.55. The van der Waals surface area contributed by atoms with Crippen LogP contribution in [0.5, 0.6) is 5.75 Å². The number of rotatable bonds is 3.